The second kappa shape index (κ2) is 8.39. The van der Waals surface area contributed by atoms with Gasteiger partial charge in [0.15, 0.2) is 0 Å². The lowest BCUT2D eigenvalue weighted by molar-refractivity contribution is -0.140. The summed E-state index contributed by atoms with van der Waals surface area (Å²) in [5, 5.41) is 3.16. The maximum absolute atomic E-state index is 14.5. The van der Waals surface area contributed by atoms with Gasteiger partial charge in [0.1, 0.15) is 11.9 Å². The lowest BCUT2D eigenvalue weighted by Gasteiger charge is -2.35. The number of methoxy groups -OCH3 is 1. The number of amides is 2. The third kappa shape index (κ3) is 4.21. The van der Waals surface area contributed by atoms with E-state index in [0.29, 0.717) is 42.2 Å². The van der Waals surface area contributed by atoms with E-state index in [-0.39, 0.29) is 18.4 Å². The highest BCUT2D eigenvalue weighted by molar-refractivity contribution is 6.30. The van der Waals surface area contributed by atoms with Crippen LogP contribution < -0.4 is 5.32 Å². The molecule has 0 radical (unpaired) electrons. The average Bonchev–Trinajstić information content (AvgIpc) is 3.14. The number of carbonyl (C=O) groups is 2. The van der Waals surface area contributed by atoms with Gasteiger partial charge in [0.2, 0.25) is 0 Å². The second-order valence-corrected chi connectivity index (χ2v) is 6.63. The zero-order chi connectivity index (χ0) is 19.4. The molecule has 2 heterocycles. The van der Waals surface area contributed by atoms with Crippen molar-refractivity contribution in [2.45, 2.75) is 25.3 Å². The third-order valence-electron chi connectivity index (χ3n) is 4.50. The van der Waals surface area contributed by atoms with E-state index in [1.807, 2.05) is 0 Å². The summed E-state index contributed by atoms with van der Waals surface area (Å²) >= 11 is 6.05. The van der Waals surface area contributed by atoms with Gasteiger partial charge in [-0.1, -0.05) is 11.6 Å². The van der Waals surface area contributed by atoms with E-state index in [9.17, 15) is 14.0 Å². The quantitative estimate of drug-likeness (QED) is 0.603. The van der Waals surface area contributed by atoms with E-state index in [0.717, 1.165) is 5.69 Å². The SMILES string of the molecule is COC(=O)CCCNC(=O)N1CCc2[nH]cnc2[C@@H]1c1cc(Cl)ccc1F. The minimum atomic E-state index is -0.681. The summed E-state index contributed by atoms with van der Waals surface area (Å²) in [5.41, 5.74) is 1.77. The minimum Gasteiger partial charge on any atom is -0.469 e. The number of benzene rings is 1. The number of fused-ring (bicyclic) bond motifs is 1. The van der Waals surface area contributed by atoms with Crippen LogP contribution in [-0.2, 0) is 16.0 Å². The Hall–Kier alpha value is -2.61. The van der Waals surface area contributed by atoms with Crippen molar-refractivity contribution in [1.82, 2.24) is 20.2 Å². The number of H-pyrrole nitrogens is 1. The summed E-state index contributed by atoms with van der Waals surface area (Å²) in [6.45, 7) is 0.706. The van der Waals surface area contributed by atoms with E-state index < -0.39 is 11.9 Å². The molecule has 7 nitrogen and oxygen atoms in total. The average molecular weight is 395 g/mol. The Bertz CT molecular complexity index is 842. The number of ether oxygens (including phenoxy) is 1. The number of nitrogens with zero attached hydrogens (tertiary/aromatic N) is 2. The topological polar surface area (TPSA) is 87.3 Å². The molecule has 9 heteroatoms. The summed E-state index contributed by atoms with van der Waals surface area (Å²) in [6, 6.07) is 3.23. The van der Waals surface area contributed by atoms with Gasteiger partial charge in [-0.2, -0.15) is 0 Å². The first-order valence-corrected chi connectivity index (χ1v) is 8.97. The number of rotatable bonds is 5. The maximum atomic E-state index is 14.5. The van der Waals surface area contributed by atoms with Crippen molar-refractivity contribution in [1.29, 1.82) is 0 Å². The third-order valence-corrected chi connectivity index (χ3v) is 4.74. The van der Waals surface area contributed by atoms with Gasteiger partial charge >= 0.3 is 12.0 Å². The molecule has 1 aliphatic rings. The largest absolute Gasteiger partial charge is 0.469 e. The molecule has 144 valence electrons. The van der Waals surface area contributed by atoms with Crippen LogP contribution in [0, 0.1) is 5.82 Å². The number of esters is 1. The van der Waals surface area contributed by atoms with Crippen LogP contribution in [0.4, 0.5) is 9.18 Å². The highest BCUT2D eigenvalue weighted by Crippen LogP contribution is 2.35. The van der Waals surface area contributed by atoms with Gasteiger partial charge in [-0.25, -0.2) is 14.2 Å². The molecule has 0 spiro atoms. The lowest BCUT2D eigenvalue weighted by Crippen LogP contribution is -2.46. The van der Waals surface area contributed by atoms with E-state index in [2.05, 4.69) is 20.0 Å². The number of hydrogen-bond donors (Lipinski definition) is 2. The van der Waals surface area contributed by atoms with Gasteiger partial charge < -0.3 is 19.9 Å². The Labute approximate surface area is 160 Å². The van der Waals surface area contributed by atoms with E-state index in [1.165, 1.54) is 36.5 Å². The molecule has 1 atom stereocenters. The fourth-order valence-corrected chi connectivity index (χ4v) is 3.35. The van der Waals surface area contributed by atoms with Crippen LogP contribution in [0.1, 0.15) is 35.8 Å². The normalized spacial score (nSPS) is 16.0. The first-order valence-electron chi connectivity index (χ1n) is 8.59. The Morgan fingerprint density at radius 1 is 1.48 bits per heavy atom. The number of halogens is 2. The molecule has 0 fully saturated rings. The summed E-state index contributed by atoms with van der Waals surface area (Å²) in [4.78, 5) is 32.8. The maximum Gasteiger partial charge on any atom is 0.318 e. The number of nitrogens with one attached hydrogen (secondary N) is 2. The summed E-state index contributed by atoms with van der Waals surface area (Å²) < 4.78 is 19.1. The Morgan fingerprint density at radius 2 is 2.30 bits per heavy atom. The van der Waals surface area contributed by atoms with Crippen LogP contribution in [0.5, 0.6) is 0 Å². The fraction of sp³-hybridized carbons (Fsp3) is 0.389. The van der Waals surface area contributed by atoms with Gasteiger partial charge in [0.05, 0.1) is 19.1 Å². The van der Waals surface area contributed by atoms with Crippen LogP contribution in [0.3, 0.4) is 0 Å². The van der Waals surface area contributed by atoms with Crippen molar-refractivity contribution < 1.29 is 18.7 Å². The van der Waals surface area contributed by atoms with Crippen LogP contribution in [0.2, 0.25) is 5.02 Å². The molecule has 2 aromatic rings. The molecule has 1 aliphatic heterocycles. The first kappa shape index (κ1) is 19.2. The monoisotopic (exact) mass is 394 g/mol. The molecule has 3 rings (SSSR count). The zero-order valence-electron chi connectivity index (χ0n) is 14.8. The van der Waals surface area contributed by atoms with Crippen molar-refractivity contribution in [2.24, 2.45) is 0 Å². The Kier molecular flexibility index (Phi) is 5.95. The highest BCUT2D eigenvalue weighted by Gasteiger charge is 2.35. The van der Waals surface area contributed by atoms with Crippen molar-refractivity contribution in [3.05, 3.63) is 52.3 Å². The summed E-state index contributed by atoms with van der Waals surface area (Å²) in [7, 11) is 1.32. The molecule has 0 unspecified atom stereocenters. The summed E-state index contributed by atoms with van der Waals surface area (Å²) in [5.74, 6) is -0.786. The van der Waals surface area contributed by atoms with Crippen LogP contribution in [0.15, 0.2) is 24.5 Å². The van der Waals surface area contributed by atoms with Crippen molar-refractivity contribution in [3.8, 4) is 0 Å². The number of imidazole rings is 1. The van der Waals surface area contributed by atoms with Gasteiger partial charge in [-0.15, -0.1) is 0 Å². The minimum absolute atomic E-state index is 0.215. The highest BCUT2D eigenvalue weighted by atomic mass is 35.5. The van der Waals surface area contributed by atoms with E-state index in [4.69, 9.17) is 11.6 Å². The molecule has 0 aliphatic carbocycles. The molecule has 2 amide bonds. The Morgan fingerprint density at radius 3 is 3.07 bits per heavy atom. The number of urea groups is 1. The Balaban J connectivity index is 1.80. The van der Waals surface area contributed by atoms with Crippen LogP contribution in [-0.4, -0.2) is 47.1 Å². The standard InChI is InChI=1S/C18H20ClFN4O3/c1-27-15(25)3-2-7-21-18(26)24-8-6-14-16(23-10-22-14)17(24)12-9-11(19)4-5-13(12)20/h4-5,9-10,17H,2-3,6-8H2,1H3,(H,21,26)(H,22,23)/t17-/m0/s1. The van der Waals surface area contributed by atoms with Gasteiger partial charge in [0.25, 0.3) is 0 Å². The molecule has 27 heavy (non-hydrogen) atoms. The van der Waals surface area contributed by atoms with Crippen LogP contribution >= 0.6 is 11.6 Å². The van der Waals surface area contributed by atoms with Crippen molar-refractivity contribution >= 4 is 23.6 Å². The molecular formula is C18H20ClFN4O3. The van der Waals surface area contributed by atoms with Gasteiger partial charge in [0, 0.05) is 42.2 Å². The smallest absolute Gasteiger partial charge is 0.318 e. The lowest BCUT2D eigenvalue weighted by atomic mass is 9.95. The molecule has 0 saturated heterocycles. The molecule has 2 N–H and O–H groups in total. The molecule has 1 aromatic carbocycles. The second-order valence-electron chi connectivity index (χ2n) is 6.19. The summed E-state index contributed by atoms with van der Waals surface area (Å²) in [6.07, 6.45) is 2.80. The molecule has 1 aromatic heterocycles. The number of carbonyl (C=O) groups excluding carboxylic acids is 2. The predicted octanol–water partition coefficient (Wildman–Crippen LogP) is 2.81. The fourth-order valence-electron chi connectivity index (χ4n) is 3.17. The first-order chi connectivity index (χ1) is 13.0. The molecular weight excluding hydrogens is 375 g/mol. The van der Waals surface area contributed by atoms with Crippen molar-refractivity contribution in [2.75, 3.05) is 20.2 Å². The molecule has 0 saturated carbocycles. The zero-order valence-corrected chi connectivity index (χ0v) is 15.6. The number of aromatic amines is 1. The number of hydrogen-bond acceptors (Lipinski definition) is 4. The van der Waals surface area contributed by atoms with E-state index >= 15 is 0 Å². The van der Waals surface area contributed by atoms with Crippen molar-refractivity contribution in [3.63, 3.8) is 0 Å². The van der Waals surface area contributed by atoms with Gasteiger partial charge in [-0.05, 0) is 24.6 Å². The van der Waals surface area contributed by atoms with Crippen LogP contribution in [0.25, 0.3) is 0 Å². The number of aromatic nitrogens is 2. The molecule has 0 bridgehead atoms. The predicted molar refractivity (Wildman–Crippen MR) is 96.9 cm³/mol. The van der Waals surface area contributed by atoms with Gasteiger partial charge in [-0.3, -0.25) is 4.79 Å². The van der Waals surface area contributed by atoms with E-state index in [1.54, 1.807) is 0 Å².